The summed E-state index contributed by atoms with van der Waals surface area (Å²) in [5.74, 6) is 0. The lowest BCUT2D eigenvalue weighted by Gasteiger charge is -2.00. The van der Waals surface area contributed by atoms with Gasteiger partial charge >= 0.3 is 0 Å². The van der Waals surface area contributed by atoms with Gasteiger partial charge in [-0.05, 0) is 29.3 Å². The van der Waals surface area contributed by atoms with Crippen molar-refractivity contribution in [1.82, 2.24) is 9.97 Å². The second kappa shape index (κ2) is 4.07. The molecule has 0 saturated heterocycles. The molecule has 14 heavy (non-hydrogen) atoms. The Labute approximate surface area is 97.9 Å². The van der Waals surface area contributed by atoms with Gasteiger partial charge in [-0.25, -0.2) is 9.97 Å². The maximum absolute atomic E-state index is 7.69. The maximum atomic E-state index is 7.69. The molecule has 0 unspecified atom stereocenters. The van der Waals surface area contributed by atoms with Crippen molar-refractivity contribution < 1.29 is 2.74 Å². The molecular weight excluding hydrogens is 263 g/mol. The van der Waals surface area contributed by atoms with Gasteiger partial charge in [-0.15, -0.1) is 0 Å². The number of aromatic nitrogens is 2. The Kier molecular flexibility index (Phi) is 2.14. The van der Waals surface area contributed by atoms with Gasteiger partial charge in [-0.3, -0.25) is 0 Å². The Morgan fingerprint density at radius 2 is 1.93 bits per heavy atom. The summed E-state index contributed by atoms with van der Waals surface area (Å²) >= 11 is 8.90. The van der Waals surface area contributed by atoms with E-state index in [2.05, 4.69) is 25.9 Å². The lowest BCUT2D eigenvalue weighted by molar-refractivity contribution is 1.17. The highest BCUT2D eigenvalue weighted by Crippen LogP contribution is 2.21. The Balaban J connectivity index is 2.64. The Bertz CT molecular complexity index is 525. The van der Waals surface area contributed by atoms with Gasteiger partial charge in [0.25, 0.3) is 0 Å². The first kappa shape index (κ1) is 7.37. The zero-order chi connectivity index (χ0) is 11.7. The van der Waals surface area contributed by atoms with E-state index in [4.69, 9.17) is 14.3 Å². The second-order valence-corrected chi connectivity index (χ2v) is 3.86. The molecule has 70 valence electrons. The highest BCUT2D eigenvalue weighted by Gasteiger charge is 1.99. The zero-order valence-electron chi connectivity index (χ0n) is 8.96. The Morgan fingerprint density at radius 3 is 2.57 bits per heavy atom. The fourth-order valence-electron chi connectivity index (χ4n) is 1.03. The fourth-order valence-corrected chi connectivity index (χ4v) is 1.51. The van der Waals surface area contributed by atoms with Crippen molar-refractivity contribution in [1.29, 1.82) is 0 Å². The first-order valence-electron chi connectivity index (χ1n) is 4.84. The van der Waals surface area contributed by atoms with Gasteiger partial charge in [-0.1, -0.05) is 28.1 Å². The molecule has 2 aromatic rings. The number of rotatable bonds is 1. The van der Waals surface area contributed by atoms with E-state index in [1.807, 2.05) is 18.2 Å². The molecule has 0 N–H and O–H groups in total. The molecule has 0 atom stereocenters. The third-order valence-corrected chi connectivity index (χ3v) is 2.30. The lowest BCUT2D eigenvalue weighted by atomic mass is 10.1. The molecule has 0 fully saturated rings. The minimum Gasteiger partial charge on any atom is -0.226 e. The third kappa shape index (κ3) is 2.11. The zero-order valence-corrected chi connectivity index (χ0v) is 9.30. The highest BCUT2D eigenvalue weighted by molar-refractivity contribution is 9.10. The van der Waals surface area contributed by atoms with Crippen molar-refractivity contribution in [3.63, 3.8) is 0 Å². The molecule has 0 aliphatic rings. The molecule has 0 radical (unpaired) electrons. The molecular formula is C10H6BrClN2. The molecule has 0 aliphatic carbocycles. The number of halogens is 2. The number of hydrogen-bond acceptors (Lipinski definition) is 2. The summed E-state index contributed by atoms with van der Waals surface area (Å²) in [4.78, 5) is 7.45. The number of nitrogens with zero attached hydrogens (tertiary/aromatic N) is 2. The van der Waals surface area contributed by atoms with Crippen LogP contribution in [-0.4, -0.2) is 9.97 Å². The van der Waals surface area contributed by atoms with Gasteiger partial charge in [0, 0.05) is 22.4 Å². The van der Waals surface area contributed by atoms with Gasteiger partial charge in [0.1, 0.15) is 0 Å². The number of benzene rings is 1. The van der Waals surface area contributed by atoms with Crippen LogP contribution in [0.15, 0.2) is 41.1 Å². The van der Waals surface area contributed by atoms with Crippen LogP contribution in [0.1, 0.15) is 2.74 Å². The summed E-state index contributed by atoms with van der Waals surface area (Å²) in [6, 6.07) is 7.30. The van der Waals surface area contributed by atoms with E-state index in [9.17, 15) is 0 Å². The van der Waals surface area contributed by atoms with Crippen LogP contribution in [0.25, 0.3) is 11.1 Å². The fraction of sp³-hybridized carbons (Fsp3) is 0. The van der Waals surface area contributed by atoms with E-state index >= 15 is 0 Å². The normalized spacial score (nSPS) is 12.1. The molecule has 0 aliphatic heterocycles. The highest BCUT2D eigenvalue weighted by atomic mass is 79.9. The van der Waals surface area contributed by atoms with Crippen molar-refractivity contribution in [2.24, 2.45) is 0 Å². The molecule has 2 nitrogen and oxygen atoms in total. The van der Waals surface area contributed by atoms with Crippen molar-refractivity contribution in [3.05, 3.63) is 46.4 Å². The summed E-state index contributed by atoms with van der Waals surface area (Å²) in [5, 5.41) is -0.0752. The SMILES string of the molecule is [2H]c1nc(Cl)nc([2H])c1-c1cccc(Br)c1. The summed E-state index contributed by atoms with van der Waals surface area (Å²) in [5.41, 5.74) is 1.10. The lowest BCUT2D eigenvalue weighted by Crippen LogP contribution is -1.83. The molecule has 0 spiro atoms. The molecule has 1 heterocycles. The van der Waals surface area contributed by atoms with Crippen LogP contribution in [0, 0.1) is 0 Å². The molecule has 0 saturated carbocycles. The van der Waals surface area contributed by atoms with Crippen molar-refractivity contribution in [3.8, 4) is 11.1 Å². The van der Waals surface area contributed by atoms with E-state index in [1.54, 1.807) is 6.07 Å². The summed E-state index contributed by atoms with van der Waals surface area (Å²) in [6.45, 7) is 0. The first-order valence-corrected chi connectivity index (χ1v) is 5.01. The smallest absolute Gasteiger partial charge is 0.222 e. The molecule has 1 aromatic carbocycles. The molecule has 0 amide bonds. The molecule has 0 bridgehead atoms. The average Bonchev–Trinajstić information content (AvgIpc) is 2.15. The van der Waals surface area contributed by atoms with Crippen LogP contribution in [0.4, 0.5) is 0 Å². The minimum absolute atomic E-state index is 0.0388. The van der Waals surface area contributed by atoms with Gasteiger partial charge in [0.15, 0.2) is 0 Å². The Hall–Kier alpha value is -0.930. The summed E-state index contributed by atoms with van der Waals surface area (Å²) in [6.07, 6.45) is -0.0776. The van der Waals surface area contributed by atoms with Crippen LogP contribution in [0.2, 0.25) is 5.28 Å². The first-order chi connectivity index (χ1) is 7.58. The van der Waals surface area contributed by atoms with Crippen LogP contribution in [0.5, 0.6) is 0 Å². The monoisotopic (exact) mass is 270 g/mol. The minimum atomic E-state index is -0.0752. The maximum Gasteiger partial charge on any atom is 0.222 e. The van der Waals surface area contributed by atoms with E-state index < -0.39 is 0 Å². The van der Waals surface area contributed by atoms with Crippen LogP contribution < -0.4 is 0 Å². The van der Waals surface area contributed by atoms with Crippen LogP contribution in [-0.2, 0) is 0 Å². The van der Waals surface area contributed by atoms with Crippen molar-refractivity contribution >= 4 is 27.5 Å². The number of hydrogen-bond donors (Lipinski definition) is 0. The average molecular weight is 272 g/mol. The summed E-state index contributed by atoms with van der Waals surface area (Å²) < 4.78 is 16.3. The topological polar surface area (TPSA) is 25.8 Å². The predicted molar refractivity (Wildman–Crippen MR) is 60.2 cm³/mol. The van der Waals surface area contributed by atoms with E-state index in [1.165, 1.54) is 0 Å². The van der Waals surface area contributed by atoms with E-state index in [0.29, 0.717) is 5.56 Å². The van der Waals surface area contributed by atoms with Crippen molar-refractivity contribution in [2.45, 2.75) is 0 Å². The predicted octanol–water partition coefficient (Wildman–Crippen LogP) is 3.56. The molecule has 4 heteroatoms. The molecule has 1 aromatic heterocycles. The van der Waals surface area contributed by atoms with Gasteiger partial charge in [0.05, 0.1) is 2.74 Å². The van der Waals surface area contributed by atoms with Gasteiger partial charge in [0.2, 0.25) is 5.28 Å². The van der Waals surface area contributed by atoms with E-state index in [0.717, 1.165) is 10.0 Å². The third-order valence-electron chi connectivity index (χ3n) is 1.63. The van der Waals surface area contributed by atoms with Gasteiger partial charge < -0.3 is 0 Å². The van der Waals surface area contributed by atoms with Crippen LogP contribution in [0.3, 0.4) is 0 Å². The van der Waals surface area contributed by atoms with Crippen molar-refractivity contribution in [2.75, 3.05) is 0 Å². The summed E-state index contributed by atoms with van der Waals surface area (Å²) in [7, 11) is 0. The quantitative estimate of drug-likeness (QED) is 0.741. The Morgan fingerprint density at radius 1 is 1.21 bits per heavy atom. The van der Waals surface area contributed by atoms with Crippen LogP contribution >= 0.6 is 27.5 Å². The standard InChI is InChI=1S/C10H6BrClN2/c11-9-3-1-2-7(4-9)8-5-13-10(12)14-6-8/h1-6H/i5D,6D. The van der Waals surface area contributed by atoms with E-state index in [-0.39, 0.29) is 17.6 Å². The van der Waals surface area contributed by atoms with Gasteiger partial charge in [-0.2, -0.15) is 0 Å². The molecule has 2 rings (SSSR count). The second-order valence-electron chi connectivity index (χ2n) is 2.60. The largest absolute Gasteiger partial charge is 0.226 e.